The molecule has 8 heteroatoms. The van der Waals surface area contributed by atoms with Gasteiger partial charge in [0.1, 0.15) is 17.7 Å². The van der Waals surface area contributed by atoms with Crippen LogP contribution in [0.3, 0.4) is 0 Å². The quantitative estimate of drug-likeness (QED) is 0.671. The zero-order valence-corrected chi connectivity index (χ0v) is 16.9. The lowest BCUT2D eigenvalue weighted by molar-refractivity contribution is 0.356. The molecule has 0 unspecified atom stereocenters. The van der Waals surface area contributed by atoms with E-state index in [-0.39, 0.29) is 5.56 Å². The number of halogens is 1. The van der Waals surface area contributed by atoms with Gasteiger partial charge in [0.15, 0.2) is 11.5 Å². The first-order valence-corrected chi connectivity index (χ1v) is 9.78. The molecule has 1 N–H and O–H groups in total. The van der Waals surface area contributed by atoms with E-state index in [4.69, 9.17) is 19.7 Å². The number of fused-ring (bicyclic) bond motifs is 1. The van der Waals surface area contributed by atoms with Crippen LogP contribution < -0.4 is 19.7 Å². The monoisotopic (exact) mass is 407 g/mol. The van der Waals surface area contributed by atoms with Crippen LogP contribution in [0.15, 0.2) is 30.3 Å². The second-order valence-electron chi connectivity index (χ2n) is 7.07. The SMILES string of the molecule is COc1cc2nc(Nc3ccc(F)c(C#N)c3)nc(N3CCCCC3)c2cc1OC. The molecular formula is C22H22FN5O2. The maximum atomic E-state index is 13.7. The second-order valence-corrected chi connectivity index (χ2v) is 7.07. The Bertz CT molecular complexity index is 1120. The third kappa shape index (κ3) is 3.79. The minimum atomic E-state index is -0.562. The van der Waals surface area contributed by atoms with E-state index in [2.05, 4.69) is 15.2 Å². The average molecular weight is 407 g/mol. The van der Waals surface area contributed by atoms with Gasteiger partial charge in [0, 0.05) is 30.2 Å². The highest BCUT2D eigenvalue weighted by Crippen LogP contribution is 2.36. The molecule has 3 aromatic rings. The summed E-state index contributed by atoms with van der Waals surface area (Å²) < 4.78 is 24.6. The molecule has 154 valence electrons. The molecule has 2 aromatic carbocycles. The fourth-order valence-corrected chi connectivity index (χ4v) is 3.66. The second kappa shape index (κ2) is 8.41. The molecule has 1 aromatic heterocycles. The molecule has 0 bridgehead atoms. The van der Waals surface area contributed by atoms with Crippen LogP contribution in [0.2, 0.25) is 0 Å². The van der Waals surface area contributed by atoms with Gasteiger partial charge in [-0.2, -0.15) is 10.2 Å². The summed E-state index contributed by atoms with van der Waals surface area (Å²) in [7, 11) is 3.18. The first kappa shape index (κ1) is 19.7. The van der Waals surface area contributed by atoms with Crippen molar-refractivity contribution in [2.75, 3.05) is 37.5 Å². The van der Waals surface area contributed by atoms with Crippen LogP contribution in [-0.2, 0) is 0 Å². The van der Waals surface area contributed by atoms with Gasteiger partial charge in [0.25, 0.3) is 0 Å². The summed E-state index contributed by atoms with van der Waals surface area (Å²) in [6, 6.07) is 9.81. The summed E-state index contributed by atoms with van der Waals surface area (Å²) in [6.07, 6.45) is 3.41. The number of nitrogens with zero attached hydrogens (tertiary/aromatic N) is 4. The molecular weight excluding hydrogens is 385 g/mol. The maximum absolute atomic E-state index is 13.7. The number of hydrogen-bond donors (Lipinski definition) is 1. The van der Waals surface area contributed by atoms with Crippen molar-refractivity contribution < 1.29 is 13.9 Å². The minimum Gasteiger partial charge on any atom is -0.493 e. The molecule has 0 saturated carbocycles. The number of benzene rings is 2. The summed E-state index contributed by atoms with van der Waals surface area (Å²) in [5.41, 5.74) is 1.20. The van der Waals surface area contributed by atoms with Crippen molar-refractivity contribution in [2.24, 2.45) is 0 Å². The van der Waals surface area contributed by atoms with Gasteiger partial charge in [-0.25, -0.2) is 9.37 Å². The predicted molar refractivity (Wildman–Crippen MR) is 113 cm³/mol. The van der Waals surface area contributed by atoms with Gasteiger partial charge in [-0.15, -0.1) is 0 Å². The van der Waals surface area contributed by atoms with Gasteiger partial charge in [0.2, 0.25) is 5.95 Å². The Hall–Kier alpha value is -3.60. The average Bonchev–Trinajstić information content (AvgIpc) is 2.79. The Kier molecular flexibility index (Phi) is 5.53. The fraction of sp³-hybridized carbons (Fsp3) is 0.318. The predicted octanol–water partition coefficient (Wildman–Crippen LogP) is 4.39. The highest BCUT2D eigenvalue weighted by Gasteiger charge is 2.19. The van der Waals surface area contributed by atoms with Crippen molar-refractivity contribution in [2.45, 2.75) is 19.3 Å². The molecule has 0 spiro atoms. The zero-order valence-electron chi connectivity index (χ0n) is 16.9. The van der Waals surface area contributed by atoms with Crippen LogP contribution >= 0.6 is 0 Å². The van der Waals surface area contributed by atoms with Crippen molar-refractivity contribution in [1.82, 2.24) is 9.97 Å². The van der Waals surface area contributed by atoms with E-state index in [1.165, 1.54) is 18.6 Å². The zero-order chi connectivity index (χ0) is 21.1. The third-order valence-electron chi connectivity index (χ3n) is 5.18. The number of hydrogen-bond acceptors (Lipinski definition) is 7. The van der Waals surface area contributed by atoms with E-state index < -0.39 is 5.82 Å². The van der Waals surface area contributed by atoms with Crippen LogP contribution in [0.1, 0.15) is 24.8 Å². The Morgan fingerprint density at radius 1 is 1.03 bits per heavy atom. The Morgan fingerprint density at radius 3 is 2.47 bits per heavy atom. The fourth-order valence-electron chi connectivity index (χ4n) is 3.66. The van der Waals surface area contributed by atoms with Crippen LogP contribution in [0.4, 0.5) is 21.8 Å². The number of rotatable bonds is 5. The molecule has 4 rings (SSSR count). The number of nitriles is 1. The Labute approximate surface area is 174 Å². The van der Waals surface area contributed by atoms with Crippen molar-refractivity contribution in [3.05, 3.63) is 41.7 Å². The number of piperidine rings is 1. The minimum absolute atomic E-state index is 0.0385. The van der Waals surface area contributed by atoms with E-state index in [9.17, 15) is 4.39 Å². The molecule has 1 aliphatic rings. The van der Waals surface area contributed by atoms with Crippen LogP contribution in [-0.4, -0.2) is 37.3 Å². The van der Waals surface area contributed by atoms with Gasteiger partial charge in [0.05, 0.1) is 25.3 Å². The van der Waals surface area contributed by atoms with Crippen LogP contribution in [0.5, 0.6) is 11.5 Å². The summed E-state index contributed by atoms with van der Waals surface area (Å²) >= 11 is 0. The number of ether oxygens (including phenoxy) is 2. The maximum Gasteiger partial charge on any atom is 0.229 e. The molecule has 0 aliphatic carbocycles. The first-order chi connectivity index (χ1) is 14.6. The Morgan fingerprint density at radius 2 is 1.77 bits per heavy atom. The third-order valence-corrected chi connectivity index (χ3v) is 5.18. The van der Waals surface area contributed by atoms with E-state index in [1.807, 2.05) is 18.2 Å². The number of aromatic nitrogens is 2. The molecule has 30 heavy (non-hydrogen) atoms. The first-order valence-electron chi connectivity index (χ1n) is 9.78. The number of anilines is 3. The van der Waals surface area contributed by atoms with E-state index >= 15 is 0 Å². The molecule has 1 aliphatic heterocycles. The largest absolute Gasteiger partial charge is 0.493 e. The molecule has 1 fully saturated rings. The van der Waals surface area contributed by atoms with Crippen molar-refractivity contribution in [3.8, 4) is 17.6 Å². The van der Waals surface area contributed by atoms with Crippen molar-refractivity contribution in [1.29, 1.82) is 5.26 Å². The molecule has 0 atom stereocenters. The van der Waals surface area contributed by atoms with Crippen LogP contribution in [0, 0.1) is 17.1 Å². The van der Waals surface area contributed by atoms with Gasteiger partial charge >= 0.3 is 0 Å². The highest BCUT2D eigenvalue weighted by molar-refractivity contribution is 5.93. The van der Waals surface area contributed by atoms with Crippen LogP contribution in [0.25, 0.3) is 10.9 Å². The molecule has 2 heterocycles. The number of methoxy groups -OCH3 is 2. The van der Waals surface area contributed by atoms with E-state index in [0.717, 1.165) is 37.1 Å². The molecule has 0 radical (unpaired) electrons. The molecule has 0 amide bonds. The highest BCUT2D eigenvalue weighted by atomic mass is 19.1. The lowest BCUT2D eigenvalue weighted by Gasteiger charge is -2.29. The van der Waals surface area contributed by atoms with Gasteiger partial charge in [-0.3, -0.25) is 0 Å². The van der Waals surface area contributed by atoms with E-state index in [1.54, 1.807) is 20.3 Å². The normalized spacial score (nSPS) is 13.7. The summed E-state index contributed by atoms with van der Waals surface area (Å²) in [4.78, 5) is 11.6. The van der Waals surface area contributed by atoms with Gasteiger partial charge < -0.3 is 19.7 Å². The summed E-state index contributed by atoms with van der Waals surface area (Å²) in [5.74, 6) is 1.81. The summed E-state index contributed by atoms with van der Waals surface area (Å²) in [5, 5.41) is 13.1. The van der Waals surface area contributed by atoms with Gasteiger partial charge in [-0.05, 0) is 43.5 Å². The molecule has 1 saturated heterocycles. The van der Waals surface area contributed by atoms with Gasteiger partial charge in [-0.1, -0.05) is 0 Å². The lowest BCUT2D eigenvalue weighted by atomic mass is 10.1. The van der Waals surface area contributed by atoms with Crippen molar-refractivity contribution in [3.63, 3.8) is 0 Å². The summed E-state index contributed by atoms with van der Waals surface area (Å²) in [6.45, 7) is 1.82. The topological polar surface area (TPSA) is 83.3 Å². The Balaban J connectivity index is 1.82. The molecule has 7 nitrogen and oxygen atoms in total. The van der Waals surface area contributed by atoms with E-state index in [0.29, 0.717) is 28.7 Å². The number of nitrogens with one attached hydrogen (secondary N) is 1. The lowest BCUT2D eigenvalue weighted by Crippen LogP contribution is -2.30. The standard InChI is InChI=1S/C22H22FN5O2/c1-29-19-11-16-18(12-20(19)30-2)26-22(27-21(16)28-8-4-3-5-9-28)25-15-6-7-17(23)14(10-15)13-24/h6-7,10-12H,3-5,8-9H2,1-2H3,(H,25,26,27). The van der Waals surface area contributed by atoms with Crippen molar-refractivity contribution >= 4 is 28.4 Å². The smallest absolute Gasteiger partial charge is 0.229 e.